The van der Waals surface area contributed by atoms with Gasteiger partial charge in [0.15, 0.2) is 0 Å². The lowest BCUT2D eigenvalue weighted by molar-refractivity contribution is -0.137. The monoisotopic (exact) mass is 241 g/mol. The van der Waals surface area contributed by atoms with Gasteiger partial charge in [0.25, 0.3) is 0 Å². The molecule has 1 fully saturated rings. The van der Waals surface area contributed by atoms with Crippen molar-refractivity contribution in [3.8, 4) is 0 Å². The first-order valence-corrected chi connectivity index (χ1v) is 6.41. The van der Waals surface area contributed by atoms with Crippen molar-refractivity contribution in [2.24, 2.45) is 5.73 Å². The third-order valence-electron chi connectivity index (χ3n) is 3.17. The van der Waals surface area contributed by atoms with Crippen molar-refractivity contribution < 1.29 is 9.59 Å². The van der Waals surface area contributed by atoms with Gasteiger partial charge < -0.3 is 16.0 Å². The predicted octanol–water partition coefficient (Wildman–Crippen LogP) is 0.241. The summed E-state index contributed by atoms with van der Waals surface area (Å²) in [7, 11) is 0. The van der Waals surface area contributed by atoms with Crippen molar-refractivity contribution in [2.75, 3.05) is 13.1 Å². The van der Waals surface area contributed by atoms with E-state index in [-0.39, 0.29) is 11.8 Å². The quantitative estimate of drug-likeness (QED) is 0.740. The van der Waals surface area contributed by atoms with Gasteiger partial charge in [0.05, 0.1) is 6.04 Å². The van der Waals surface area contributed by atoms with E-state index >= 15 is 0 Å². The fraction of sp³-hybridized carbons (Fsp3) is 0.833. The van der Waals surface area contributed by atoms with E-state index in [1.54, 1.807) is 6.92 Å². The summed E-state index contributed by atoms with van der Waals surface area (Å²) in [4.78, 5) is 25.4. The van der Waals surface area contributed by atoms with Crippen LogP contribution in [0.2, 0.25) is 0 Å². The summed E-state index contributed by atoms with van der Waals surface area (Å²) in [5.74, 6) is -0.244. The molecule has 1 rings (SSSR count). The summed E-state index contributed by atoms with van der Waals surface area (Å²) in [6.07, 6.45) is 3.88. The summed E-state index contributed by atoms with van der Waals surface area (Å²) < 4.78 is 0. The van der Waals surface area contributed by atoms with Crippen LogP contribution in [0.15, 0.2) is 0 Å². The Morgan fingerprint density at radius 2 is 1.88 bits per heavy atom. The summed E-state index contributed by atoms with van der Waals surface area (Å²) in [6, 6.07) is -0.996. The molecule has 1 heterocycles. The Bertz CT molecular complexity index is 275. The molecule has 0 radical (unpaired) electrons. The molecule has 1 unspecified atom stereocenters. The van der Waals surface area contributed by atoms with Gasteiger partial charge in [0.2, 0.25) is 11.8 Å². The molecule has 0 aromatic heterocycles. The lowest BCUT2D eigenvalue weighted by Crippen LogP contribution is -2.52. The van der Waals surface area contributed by atoms with E-state index in [0.29, 0.717) is 6.42 Å². The van der Waals surface area contributed by atoms with Crippen LogP contribution in [0.1, 0.15) is 39.5 Å². The first kappa shape index (κ1) is 14.0. The summed E-state index contributed by atoms with van der Waals surface area (Å²) in [6.45, 7) is 5.18. The topological polar surface area (TPSA) is 75.4 Å². The Labute approximate surface area is 103 Å². The van der Waals surface area contributed by atoms with Gasteiger partial charge >= 0.3 is 0 Å². The number of nitrogens with two attached hydrogens (primary N) is 1. The normalized spacial score (nSPS) is 19.6. The highest BCUT2D eigenvalue weighted by atomic mass is 16.2. The Kier molecular flexibility index (Phi) is 5.41. The fourth-order valence-corrected chi connectivity index (χ4v) is 1.96. The maximum atomic E-state index is 12.0. The van der Waals surface area contributed by atoms with Crippen molar-refractivity contribution in [1.82, 2.24) is 10.2 Å². The second kappa shape index (κ2) is 6.59. The van der Waals surface area contributed by atoms with Crippen molar-refractivity contribution in [2.45, 2.75) is 51.6 Å². The van der Waals surface area contributed by atoms with E-state index in [4.69, 9.17) is 5.73 Å². The van der Waals surface area contributed by atoms with E-state index in [1.165, 1.54) is 6.42 Å². The summed E-state index contributed by atoms with van der Waals surface area (Å²) in [5.41, 5.74) is 5.61. The molecular weight excluding hydrogens is 218 g/mol. The Balaban J connectivity index is 2.43. The summed E-state index contributed by atoms with van der Waals surface area (Å²) >= 11 is 0. The molecule has 2 amide bonds. The number of nitrogens with one attached hydrogen (secondary N) is 1. The number of nitrogens with zero attached hydrogens (tertiary/aromatic N) is 1. The van der Waals surface area contributed by atoms with Gasteiger partial charge in [-0.2, -0.15) is 0 Å². The average molecular weight is 241 g/mol. The van der Waals surface area contributed by atoms with Crippen molar-refractivity contribution >= 4 is 11.8 Å². The van der Waals surface area contributed by atoms with Crippen molar-refractivity contribution in [3.05, 3.63) is 0 Å². The number of likely N-dealkylation sites (tertiary alicyclic amines) is 1. The molecule has 0 spiro atoms. The Morgan fingerprint density at radius 3 is 2.41 bits per heavy atom. The maximum absolute atomic E-state index is 12.0. The highest BCUT2D eigenvalue weighted by molar-refractivity contribution is 5.89. The number of rotatable bonds is 4. The van der Waals surface area contributed by atoms with Crippen LogP contribution in [0.4, 0.5) is 0 Å². The second-order valence-corrected chi connectivity index (χ2v) is 4.63. The third kappa shape index (κ3) is 4.00. The van der Waals surface area contributed by atoms with Crippen LogP contribution in [-0.2, 0) is 9.59 Å². The van der Waals surface area contributed by atoms with Gasteiger partial charge in [-0.25, -0.2) is 0 Å². The molecule has 1 aliphatic rings. The highest BCUT2D eigenvalue weighted by Crippen LogP contribution is 2.09. The zero-order valence-electron chi connectivity index (χ0n) is 10.7. The maximum Gasteiger partial charge on any atom is 0.244 e. The third-order valence-corrected chi connectivity index (χ3v) is 3.17. The Morgan fingerprint density at radius 1 is 1.29 bits per heavy atom. The predicted molar refractivity (Wildman–Crippen MR) is 66.3 cm³/mol. The van der Waals surface area contributed by atoms with Crippen LogP contribution in [0.3, 0.4) is 0 Å². The van der Waals surface area contributed by atoms with Crippen LogP contribution < -0.4 is 11.1 Å². The zero-order chi connectivity index (χ0) is 12.8. The molecule has 0 aliphatic carbocycles. The summed E-state index contributed by atoms with van der Waals surface area (Å²) in [5, 5.41) is 2.67. The standard InChI is InChI=1S/C12H23N3O2/c1-3-10(13)11(16)14-9(2)12(17)15-7-5-4-6-8-15/h9-10H,3-8,13H2,1-2H3,(H,14,16)/t9?,10-/m0/s1. The van der Waals surface area contributed by atoms with E-state index in [9.17, 15) is 9.59 Å². The largest absolute Gasteiger partial charge is 0.343 e. The minimum atomic E-state index is -0.522. The van der Waals surface area contributed by atoms with Crippen LogP contribution in [0.5, 0.6) is 0 Å². The van der Waals surface area contributed by atoms with E-state index in [1.807, 2.05) is 11.8 Å². The van der Waals surface area contributed by atoms with Crippen molar-refractivity contribution in [1.29, 1.82) is 0 Å². The molecule has 98 valence electrons. The van der Waals surface area contributed by atoms with Gasteiger partial charge in [-0.3, -0.25) is 9.59 Å². The number of piperidine rings is 1. The molecule has 0 bridgehead atoms. The molecule has 17 heavy (non-hydrogen) atoms. The molecule has 3 N–H and O–H groups in total. The lowest BCUT2D eigenvalue weighted by atomic mass is 10.1. The molecule has 1 saturated heterocycles. The van der Waals surface area contributed by atoms with Crippen LogP contribution in [0.25, 0.3) is 0 Å². The van der Waals surface area contributed by atoms with Crippen molar-refractivity contribution in [3.63, 3.8) is 0 Å². The molecule has 1 aliphatic heterocycles. The molecule has 5 heteroatoms. The van der Waals surface area contributed by atoms with Crippen LogP contribution in [0, 0.1) is 0 Å². The minimum Gasteiger partial charge on any atom is -0.343 e. The SMILES string of the molecule is CC[C@H](N)C(=O)NC(C)C(=O)N1CCCCC1. The van der Waals surface area contributed by atoms with Gasteiger partial charge in [-0.15, -0.1) is 0 Å². The van der Waals surface area contributed by atoms with E-state index < -0.39 is 12.1 Å². The van der Waals surface area contributed by atoms with Crippen LogP contribution in [-0.4, -0.2) is 41.9 Å². The van der Waals surface area contributed by atoms with Gasteiger partial charge in [-0.05, 0) is 32.6 Å². The number of hydrogen-bond acceptors (Lipinski definition) is 3. The fourth-order valence-electron chi connectivity index (χ4n) is 1.96. The first-order chi connectivity index (χ1) is 8.06. The molecule has 0 aromatic rings. The lowest BCUT2D eigenvalue weighted by Gasteiger charge is -2.29. The van der Waals surface area contributed by atoms with E-state index in [0.717, 1.165) is 25.9 Å². The van der Waals surface area contributed by atoms with Crippen LogP contribution >= 0.6 is 0 Å². The first-order valence-electron chi connectivity index (χ1n) is 6.41. The highest BCUT2D eigenvalue weighted by Gasteiger charge is 2.24. The molecule has 0 saturated carbocycles. The van der Waals surface area contributed by atoms with Gasteiger partial charge in [0, 0.05) is 13.1 Å². The van der Waals surface area contributed by atoms with Gasteiger partial charge in [0.1, 0.15) is 6.04 Å². The zero-order valence-corrected chi connectivity index (χ0v) is 10.7. The molecule has 0 aromatic carbocycles. The molecular formula is C12H23N3O2. The second-order valence-electron chi connectivity index (χ2n) is 4.63. The minimum absolute atomic E-state index is 0.00125. The smallest absolute Gasteiger partial charge is 0.244 e. The Hall–Kier alpha value is -1.10. The average Bonchev–Trinajstić information content (AvgIpc) is 2.37. The van der Waals surface area contributed by atoms with E-state index in [2.05, 4.69) is 5.32 Å². The number of amides is 2. The molecule has 5 nitrogen and oxygen atoms in total. The molecule has 2 atom stereocenters. The number of hydrogen-bond donors (Lipinski definition) is 2. The number of carbonyl (C=O) groups is 2. The number of carbonyl (C=O) groups excluding carboxylic acids is 2. The van der Waals surface area contributed by atoms with Gasteiger partial charge in [-0.1, -0.05) is 6.92 Å².